The van der Waals surface area contributed by atoms with Gasteiger partial charge in [0.1, 0.15) is 5.82 Å². The largest absolute Gasteiger partial charge is 0.356 e. The smallest absolute Gasteiger partial charge is 0.217 e. The van der Waals surface area contributed by atoms with Gasteiger partial charge >= 0.3 is 0 Å². The molecule has 4 heterocycles. The molecule has 0 radical (unpaired) electrons. The molecule has 0 fully saturated rings. The Balaban J connectivity index is 1.17. The zero-order valence-corrected chi connectivity index (χ0v) is 33.5. The van der Waals surface area contributed by atoms with Crippen LogP contribution in [-0.2, 0) is 0 Å². The SMILES string of the molecule is OC1N(c2ccccc2)c2c(-c3ccc4c(c3-c3ccc5c(c3)c3ccccc3n5-c3ccccc3)c3ccccc3n4-c3ccccc3)cccc2-c2nc3ccccc3n21. The number of hydrogen-bond acceptors (Lipinski definition) is 3. The molecule has 6 nitrogen and oxygen atoms in total. The maximum atomic E-state index is 12.7. The van der Waals surface area contributed by atoms with Crippen LogP contribution in [0.5, 0.6) is 0 Å². The average molecular weight is 796 g/mol. The summed E-state index contributed by atoms with van der Waals surface area (Å²) >= 11 is 0. The van der Waals surface area contributed by atoms with Crippen LogP contribution in [0, 0.1) is 0 Å². The van der Waals surface area contributed by atoms with Crippen LogP contribution in [0.4, 0.5) is 11.4 Å². The van der Waals surface area contributed by atoms with Crippen molar-refractivity contribution in [1.29, 1.82) is 0 Å². The summed E-state index contributed by atoms with van der Waals surface area (Å²) in [5, 5.41) is 17.4. The van der Waals surface area contributed by atoms with Crippen LogP contribution in [0.15, 0.2) is 212 Å². The number of para-hydroxylation sites is 8. The van der Waals surface area contributed by atoms with E-state index in [0.717, 1.165) is 89.5 Å². The summed E-state index contributed by atoms with van der Waals surface area (Å²) in [6, 6.07) is 75.1. The van der Waals surface area contributed by atoms with Crippen molar-refractivity contribution in [3.05, 3.63) is 212 Å². The minimum atomic E-state index is -1.05. The van der Waals surface area contributed by atoms with E-state index >= 15 is 0 Å². The topological polar surface area (TPSA) is 51.1 Å². The number of nitrogens with zero attached hydrogens (tertiary/aromatic N) is 5. The monoisotopic (exact) mass is 795 g/mol. The molecule has 62 heavy (non-hydrogen) atoms. The van der Waals surface area contributed by atoms with E-state index in [0.29, 0.717) is 0 Å². The zero-order chi connectivity index (χ0) is 40.9. The van der Waals surface area contributed by atoms with Gasteiger partial charge in [-0.25, -0.2) is 4.98 Å². The van der Waals surface area contributed by atoms with E-state index in [-0.39, 0.29) is 0 Å². The number of imidazole rings is 1. The van der Waals surface area contributed by atoms with Gasteiger partial charge in [-0.1, -0.05) is 127 Å². The lowest BCUT2D eigenvalue weighted by atomic mass is 9.87. The van der Waals surface area contributed by atoms with Crippen LogP contribution < -0.4 is 4.90 Å². The lowest BCUT2D eigenvalue weighted by Crippen LogP contribution is -2.33. The number of hydrogen-bond donors (Lipinski definition) is 1. The molecule has 0 spiro atoms. The van der Waals surface area contributed by atoms with Gasteiger partial charge in [-0.2, -0.15) is 0 Å². The Labute approximate surface area is 357 Å². The van der Waals surface area contributed by atoms with Gasteiger partial charge in [-0.3, -0.25) is 9.47 Å². The van der Waals surface area contributed by atoms with Crippen LogP contribution in [0.1, 0.15) is 6.35 Å². The van der Waals surface area contributed by atoms with Crippen LogP contribution in [0.25, 0.3) is 99.7 Å². The number of anilines is 2. The van der Waals surface area contributed by atoms with E-state index in [9.17, 15) is 5.11 Å². The quantitative estimate of drug-likeness (QED) is 0.189. The molecular weight excluding hydrogens is 759 g/mol. The second-order valence-electron chi connectivity index (χ2n) is 16.0. The first kappa shape index (κ1) is 34.7. The van der Waals surface area contributed by atoms with Gasteiger partial charge < -0.3 is 14.2 Å². The first-order chi connectivity index (χ1) is 30.7. The van der Waals surface area contributed by atoms with Crippen LogP contribution in [0.2, 0.25) is 0 Å². The van der Waals surface area contributed by atoms with E-state index in [1.807, 2.05) is 47.0 Å². The van der Waals surface area contributed by atoms with Crippen LogP contribution in [-0.4, -0.2) is 23.8 Å². The van der Waals surface area contributed by atoms with Crippen molar-refractivity contribution in [3.8, 4) is 45.0 Å². The number of benzene rings is 9. The molecule has 9 aromatic carbocycles. The standard InChI is InChI=1S/C56H37N5O/c62-56-60(39-21-8-3-9-22-39)54-42(25-16-26-44(54)55-57-46-27-12-15-30-50(46)61(55)56)41-32-34-51-53(43-24-11-14-29-48(43)59(51)38-19-6-2-7-20-38)52(41)36-31-33-49-45(35-36)40-23-10-13-28-47(40)58(49)37-17-4-1-5-18-37/h1-35,56,62H. The summed E-state index contributed by atoms with van der Waals surface area (Å²) in [6.07, 6.45) is -1.05. The van der Waals surface area contributed by atoms with Crippen molar-refractivity contribution in [2.75, 3.05) is 4.90 Å². The highest BCUT2D eigenvalue weighted by Gasteiger charge is 2.36. The van der Waals surface area contributed by atoms with E-state index in [1.165, 1.54) is 21.5 Å². The summed E-state index contributed by atoms with van der Waals surface area (Å²) in [5.74, 6) is 0.737. The maximum absolute atomic E-state index is 12.7. The van der Waals surface area contributed by atoms with Crippen molar-refractivity contribution >= 4 is 66.0 Å². The lowest BCUT2D eigenvalue weighted by molar-refractivity contribution is 0.114. The van der Waals surface area contributed by atoms with Gasteiger partial charge in [0.2, 0.25) is 6.35 Å². The Bertz CT molecular complexity index is 3710. The predicted molar refractivity (Wildman–Crippen MR) is 255 cm³/mol. The minimum Gasteiger partial charge on any atom is -0.356 e. The van der Waals surface area contributed by atoms with Gasteiger partial charge in [0, 0.05) is 49.7 Å². The summed E-state index contributed by atoms with van der Waals surface area (Å²) in [5.41, 5.74) is 15.6. The van der Waals surface area contributed by atoms with Crippen molar-refractivity contribution in [1.82, 2.24) is 18.7 Å². The molecule has 1 N–H and O–H groups in total. The molecule has 0 bridgehead atoms. The molecule has 1 unspecified atom stereocenters. The molecule has 12 aromatic rings. The van der Waals surface area contributed by atoms with Crippen molar-refractivity contribution < 1.29 is 5.11 Å². The Morgan fingerprint density at radius 2 is 0.952 bits per heavy atom. The Hall–Kier alpha value is -8.19. The van der Waals surface area contributed by atoms with Gasteiger partial charge in [0.25, 0.3) is 0 Å². The molecule has 1 aliphatic heterocycles. The normalized spacial score (nSPS) is 13.7. The highest BCUT2D eigenvalue weighted by Crippen LogP contribution is 2.53. The van der Waals surface area contributed by atoms with Crippen LogP contribution in [0.3, 0.4) is 0 Å². The molecule has 1 aliphatic rings. The number of rotatable bonds is 5. The third-order valence-electron chi connectivity index (χ3n) is 12.7. The fraction of sp³-hybridized carbons (Fsp3) is 0.0179. The van der Waals surface area contributed by atoms with Crippen molar-refractivity contribution in [3.63, 3.8) is 0 Å². The molecule has 0 amide bonds. The lowest BCUT2D eigenvalue weighted by Gasteiger charge is -2.38. The summed E-state index contributed by atoms with van der Waals surface area (Å²) in [7, 11) is 0. The third kappa shape index (κ3) is 4.92. The zero-order valence-electron chi connectivity index (χ0n) is 33.5. The molecule has 3 aromatic heterocycles. The Morgan fingerprint density at radius 3 is 1.68 bits per heavy atom. The predicted octanol–water partition coefficient (Wildman–Crippen LogP) is 13.8. The second-order valence-corrected chi connectivity index (χ2v) is 16.0. The highest BCUT2D eigenvalue weighted by molar-refractivity contribution is 6.21. The van der Waals surface area contributed by atoms with Gasteiger partial charge in [0.05, 0.1) is 38.8 Å². The van der Waals surface area contributed by atoms with Crippen LogP contribution >= 0.6 is 0 Å². The van der Waals surface area contributed by atoms with E-state index in [1.54, 1.807) is 0 Å². The van der Waals surface area contributed by atoms with E-state index in [2.05, 4.69) is 184 Å². The minimum absolute atomic E-state index is 0.737. The molecule has 0 aliphatic carbocycles. The Morgan fingerprint density at radius 1 is 0.403 bits per heavy atom. The third-order valence-corrected chi connectivity index (χ3v) is 12.7. The highest BCUT2D eigenvalue weighted by atomic mass is 16.3. The number of aromatic nitrogens is 4. The van der Waals surface area contributed by atoms with Gasteiger partial charge in [-0.05, 0) is 102 Å². The Kier molecular flexibility index (Phi) is 7.50. The number of aliphatic hydroxyl groups is 1. The molecular formula is C56H37N5O. The summed E-state index contributed by atoms with van der Waals surface area (Å²) < 4.78 is 6.72. The molecule has 13 rings (SSSR count). The van der Waals surface area contributed by atoms with E-state index in [4.69, 9.17) is 4.98 Å². The van der Waals surface area contributed by atoms with E-state index < -0.39 is 6.35 Å². The van der Waals surface area contributed by atoms with Crippen molar-refractivity contribution in [2.45, 2.75) is 6.35 Å². The molecule has 292 valence electrons. The fourth-order valence-electron chi connectivity index (χ4n) is 10.2. The molecule has 6 heteroatoms. The summed E-state index contributed by atoms with van der Waals surface area (Å²) in [4.78, 5) is 7.25. The molecule has 1 atom stereocenters. The van der Waals surface area contributed by atoms with Crippen molar-refractivity contribution in [2.24, 2.45) is 0 Å². The van der Waals surface area contributed by atoms with Gasteiger partial charge in [-0.15, -0.1) is 0 Å². The fourth-order valence-corrected chi connectivity index (χ4v) is 10.2. The first-order valence-corrected chi connectivity index (χ1v) is 21.1. The number of aliphatic hydroxyl groups excluding tert-OH is 1. The first-order valence-electron chi connectivity index (χ1n) is 21.1. The molecule has 0 saturated carbocycles. The molecule has 0 saturated heterocycles. The second kappa shape index (κ2) is 13.4. The van der Waals surface area contributed by atoms with Gasteiger partial charge in [0.15, 0.2) is 0 Å². The maximum Gasteiger partial charge on any atom is 0.217 e. The average Bonchev–Trinajstić information content (AvgIpc) is 4.00. The number of fused-ring (bicyclic) bond motifs is 11. The summed E-state index contributed by atoms with van der Waals surface area (Å²) in [6.45, 7) is 0.